The van der Waals surface area contributed by atoms with Gasteiger partial charge in [0.2, 0.25) is 0 Å². The van der Waals surface area contributed by atoms with Crippen LogP contribution in [0.5, 0.6) is 11.6 Å². The Morgan fingerprint density at radius 3 is 1.84 bits per heavy atom. The summed E-state index contributed by atoms with van der Waals surface area (Å²) in [5.41, 5.74) is 13.8. The molecule has 0 N–H and O–H groups in total. The van der Waals surface area contributed by atoms with Crippen LogP contribution in [0, 0.1) is 15.9 Å². The Hall–Kier alpha value is -8.25. The second-order valence-electron chi connectivity index (χ2n) is 16.3. The van der Waals surface area contributed by atoms with Gasteiger partial charge in [0, 0.05) is 5.69 Å². The van der Waals surface area contributed by atoms with Gasteiger partial charge < -0.3 is 0 Å². The molecule has 0 amide bonds. The average Bonchev–Trinajstić information content (AvgIpc) is 3.93. The zero-order valence-corrected chi connectivity index (χ0v) is 38.7. The van der Waals surface area contributed by atoms with Crippen LogP contribution in [0.25, 0.3) is 55.8 Å². The molecule has 8 heteroatoms. The molecule has 1 aliphatic heterocycles. The van der Waals surface area contributed by atoms with Crippen molar-refractivity contribution in [3.8, 4) is 56.4 Å². The van der Waals surface area contributed by atoms with Crippen LogP contribution in [-0.4, -0.2) is 21.1 Å². The second-order valence-corrected chi connectivity index (χ2v) is 17.3. The molecule has 0 saturated carbocycles. The fourth-order valence-corrected chi connectivity index (χ4v) is 10.3. The molecule has 12 rings (SSSR count). The zero-order valence-electron chi connectivity index (χ0n) is 39.4. The molecule has 0 aliphatic carbocycles. The van der Waals surface area contributed by atoms with Gasteiger partial charge >= 0.3 is 329 Å². The summed E-state index contributed by atoms with van der Waals surface area (Å²) < 4.78 is 39.6. The minimum absolute atomic E-state index is 0.112. The quantitative estimate of drug-likeness (QED) is 0.101. The van der Waals surface area contributed by atoms with E-state index < -0.39 is 6.98 Å². The van der Waals surface area contributed by atoms with Crippen molar-refractivity contribution in [2.75, 3.05) is 9.62 Å². The number of ether oxygens (including phenoxy) is 1. The molecule has 2 aromatic heterocycles. The average molecular weight is 1060 g/mol. The molecule has 6 nitrogen and oxygen atoms in total. The Labute approximate surface area is 411 Å². The molecule has 11 aromatic rings. The summed E-state index contributed by atoms with van der Waals surface area (Å²) >= 11 is 2.41. The fourth-order valence-electron chi connectivity index (χ4n) is 9.27. The molecule has 0 fully saturated rings. The molecule has 0 radical (unpaired) electrons. The van der Waals surface area contributed by atoms with Gasteiger partial charge in [0.1, 0.15) is 0 Å². The number of benzene rings is 9. The monoisotopic (exact) mass is 1060 g/mol. The van der Waals surface area contributed by atoms with Gasteiger partial charge in [0.05, 0.1) is 0 Å². The van der Waals surface area contributed by atoms with E-state index in [-0.39, 0.29) is 29.8 Å². The summed E-state index contributed by atoms with van der Waals surface area (Å²) in [5, 5.41) is 0. The van der Waals surface area contributed by atoms with Crippen LogP contribution in [-0.2, 0) is 19.4 Å². The van der Waals surface area contributed by atoms with Crippen molar-refractivity contribution >= 4 is 46.4 Å². The van der Waals surface area contributed by atoms with Gasteiger partial charge in [0.15, 0.2) is 0 Å². The third kappa shape index (κ3) is 7.47. The van der Waals surface area contributed by atoms with E-state index in [1.807, 2.05) is 114 Å². The third-order valence-corrected chi connectivity index (χ3v) is 13.3. The van der Waals surface area contributed by atoms with E-state index >= 15 is 0 Å². The number of para-hydroxylation sites is 5. The predicted molar refractivity (Wildman–Crippen MR) is 273 cm³/mol. The van der Waals surface area contributed by atoms with Crippen molar-refractivity contribution in [3.63, 3.8) is 0 Å². The summed E-state index contributed by atoms with van der Waals surface area (Å²) in [7, 11) is 0. The number of rotatable bonds is 10. The van der Waals surface area contributed by atoms with E-state index in [1.165, 1.54) is 5.56 Å². The van der Waals surface area contributed by atoms with E-state index in [1.54, 1.807) is 6.07 Å². The summed E-state index contributed by atoms with van der Waals surface area (Å²) in [5.74, 6) is 0.358. The van der Waals surface area contributed by atoms with Crippen molar-refractivity contribution in [3.05, 3.63) is 259 Å². The molecular formula is C60H40BN5OPt-2. The first kappa shape index (κ1) is 37.9. The Bertz CT molecular complexity index is 3820. The maximum absolute atomic E-state index is 9.33. The van der Waals surface area contributed by atoms with Gasteiger partial charge in [-0.3, -0.25) is 0 Å². The number of nitrogens with zero attached hydrogens (tertiary/aromatic N) is 5. The number of anilines is 4. The molecule has 0 unspecified atom stereocenters. The van der Waals surface area contributed by atoms with Crippen molar-refractivity contribution in [2.24, 2.45) is 0 Å². The van der Waals surface area contributed by atoms with Gasteiger partial charge in [-0.05, 0) is 12.1 Å². The van der Waals surface area contributed by atoms with Crippen molar-refractivity contribution in [1.29, 1.82) is 0 Å². The molecule has 0 atom stereocenters. The molecule has 0 bridgehead atoms. The van der Waals surface area contributed by atoms with Gasteiger partial charge in [-0.15, -0.1) is 6.07 Å². The summed E-state index contributed by atoms with van der Waals surface area (Å²) in [6.07, 6.45) is 0. The predicted octanol–water partition coefficient (Wildman–Crippen LogP) is 14.0. The maximum atomic E-state index is 9.33. The number of pyridine rings is 1. The topological polar surface area (TPSA) is 38.5 Å². The van der Waals surface area contributed by atoms with Crippen LogP contribution in [0.1, 0.15) is 4.11 Å². The van der Waals surface area contributed by atoms with Gasteiger partial charge in [-0.1, -0.05) is 48.5 Å². The van der Waals surface area contributed by atoms with Crippen molar-refractivity contribution in [2.45, 2.75) is 0 Å². The Morgan fingerprint density at radius 2 is 1.12 bits per heavy atom. The van der Waals surface area contributed by atoms with Crippen LogP contribution in [0.3, 0.4) is 0 Å². The first-order chi connectivity index (χ1) is 34.9. The molecule has 0 saturated heterocycles. The summed E-state index contributed by atoms with van der Waals surface area (Å²) in [6.45, 7) is -0.500. The van der Waals surface area contributed by atoms with E-state index in [0.717, 1.165) is 65.2 Å². The van der Waals surface area contributed by atoms with E-state index in [2.05, 4.69) is 155 Å². The van der Waals surface area contributed by atoms with Crippen LogP contribution in [0.2, 0.25) is 0 Å². The Kier molecular flexibility index (Phi) is 9.96. The molecule has 3 heterocycles. The molecule has 9 aromatic carbocycles. The van der Waals surface area contributed by atoms with Crippen LogP contribution in [0.4, 0.5) is 22.9 Å². The first-order valence-electron chi connectivity index (χ1n) is 23.8. The number of imidazole rings is 1. The summed E-state index contributed by atoms with van der Waals surface area (Å²) in [4.78, 5) is 9.07. The second kappa shape index (κ2) is 17.9. The summed E-state index contributed by atoms with van der Waals surface area (Å²) in [6, 6.07) is 82.3. The fraction of sp³-hybridized carbons (Fsp3) is 0. The number of fused-ring (bicyclic) bond motifs is 2. The molecular weight excluding hydrogens is 1010 g/mol. The van der Waals surface area contributed by atoms with E-state index in [0.29, 0.717) is 17.1 Å². The standard InChI is InChI=1S/C60H40BN5O.Pt/c1-5-20-44(21-6-1)45-38-40-47(41-39-45)53-31-18-30-52(46-22-7-2-8-23-46)60(53)64-43-63(54-32-13-14-33-55(54)64)50-28-17-29-51(42-50)67-59-37-19-36-58(62-59)66-57-35-16-15-34-56(57)65(49-26-11-4-12-27-49)61(66)48-24-9-3-10-25-48;/h1-34,36-41H;/q-2;/i19D,36D,37D;. The molecule has 68 heavy (non-hydrogen) atoms. The van der Waals surface area contributed by atoms with Crippen molar-refractivity contribution < 1.29 is 28.2 Å². The van der Waals surface area contributed by atoms with E-state index in [9.17, 15) is 1.37 Å². The number of aromatic nitrogens is 3. The zero-order chi connectivity index (χ0) is 48.0. The Balaban J connectivity index is 0.975. The minimum atomic E-state index is -0.500. The van der Waals surface area contributed by atoms with Gasteiger partial charge in [-0.25, -0.2) is 0 Å². The number of hydrogen-bond acceptors (Lipinski definition) is 4. The third-order valence-electron chi connectivity index (χ3n) is 12.3. The molecule has 1 aliphatic rings. The first-order valence-corrected chi connectivity index (χ1v) is 23.5. The van der Waals surface area contributed by atoms with Crippen LogP contribution >= 0.6 is 0 Å². The molecule has 326 valence electrons. The number of hydrogen-bond donors (Lipinski definition) is 0. The van der Waals surface area contributed by atoms with E-state index in [4.69, 9.17) is 12.5 Å². The Morgan fingerprint density at radius 1 is 0.529 bits per heavy atom. The van der Waals surface area contributed by atoms with Crippen LogP contribution in [0.15, 0.2) is 243 Å². The normalized spacial score (nSPS) is 12.7. The van der Waals surface area contributed by atoms with Crippen LogP contribution < -0.4 is 19.8 Å². The van der Waals surface area contributed by atoms with Crippen molar-refractivity contribution in [1.82, 2.24) is 14.1 Å². The SMILES string of the molecule is [2H]c1c(Oc2[c-]c(-n3[c](=[Pt])n(-c4c(-c5ccccc5)cccc4-c4ccc(-c5ccccc5)cc4)c4ccccc43)ccc2)nc(N2B(c3ccccc3)N(c3ccccc3)c3ccc[c-]c32)c([2H])c1[2H]. The molecule has 0 spiro atoms. The van der Waals surface area contributed by atoms with Gasteiger partial charge in [-0.2, -0.15) is 12.1 Å². The van der Waals surface area contributed by atoms with Gasteiger partial charge in [0.25, 0.3) is 0 Å².